The van der Waals surface area contributed by atoms with Crippen molar-refractivity contribution in [2.45, 2.75) is 13.5 Å². The van der Waals surface area contributed by atoms with Gasteiger partial charge in [-0.3, -0.25) is 19.7 Å². The van der Waals surface area contributed by atoms with Crippen LogP contribution >= 0.6 is 11.3 Å². The molecule has 0 radical (unpaired) electrons. The molecule has 0 N–H and O–H groups in total. The number of fused-ring (bicyclic) bond motifs is 1. The van der Waals surface area contributed by atoms with E-state index in [1.807, 2.05) is 0 Å². The summed E-state index contributed by atoms with van der Waals surface area (Å²) >= 11 is 1.06. The number of rotatable bonds is 8. The fourth-order valence-electron chi connectivity index (χ4n) is 2.72. The Morgan fingerprint density at radius 1 is 1.19 bits per heavy atom. The molecular weight excluding hydrogens is 426 g/mol. The second-order valence-corrected chi connectivity index (χ2v) is 7.17. The van der Waals surface area contributed by atoms with E-state index in [9.17, 15) is 19.7 Å². The van der Waals surface area contributed by atoms with E-state index in [-0.39, 0.29) is 30.2 Å². The molecule has 1 amide bonds. The van der Waals surface area contributed by atoms with Crippen molar-refractivity contribution in [1.29, 1.82) is 0 Å². The molecule has 11 heteroatoms. The van der Waals surface area contributed by atoms with E-state index in [2.05, 4.69) is 4.99 Å². The molecule has 0 fully saturated rings. The number of nitro benzene ring substituents is 1. The Hall–Kier alpha value is -3.73. The second kappa shape index (κ2) is 9.85. The number of methoxy groups -OCH3 is 1. The third-order valence-electron chi connectivity index (χ3n) is 4.09. The molecule has 0 aliphatic rings. The predicted octanol–water partition coefficient (Wildman–Crippen LogP) is 2.69. The van der Waals surface area contributed by atoms with Gasteiger partial charge in [-0.1, -0.05) is 17.4 Å². The van der Waals surface area contributed by atoms with Crippen LogP contribution in [0.15, 0.2) is 47.5 Å². The molecule has 0 aliphatic carbocycles. The molecule has 0 saturated carbocycles. The number of carbonyl (C=O) groups is 2. The number of esters is 1. The van der Waals surface area contributed by atoms with E-state index in [1.165, 1.54) is 29.9 Å². The zero-order chi connectivity index (χ0) is 22.4. The van der Waals surface area contributed by atoms with Crippen molar-refractivity contribution in [3.8, 4) is 11.5 Å². The van der Waals surface area contributed by atoms with Crippen LogP contribution in [-0.4, -0.2) is 41.7 Å². The summed E-state index contributed by atoms with van der Waals surface area (Å²) in [6.07, 6.45) is 0. The number of aromatic nitrogens is 1. The van der Waals surface area contributed by atoms with Crippen molar-refractivity contribution in [2.75, 3.05) is 20.3 Å². The van der Waals surface area contributed by atoms with Gasteiger partial charge < -0.3 is 18.8 Å². The van der Waals surface area contributed by atoms with Crippen molar-refractivity contribution >= 4 is 39.1 Å². The van der Waals surface area contributed by atoms with Crippen LogP contribution in [0.4, 0.5) is 5.69 Å². The predicted molar refractivity (Wildman–Crippen MR) is 112 cm³/mol. The molecule has 10 nitrogen and oxygen atoms in total. The molecule has 3 rings (SSSR count). The van der Waals surface area contributed by atoms with Crippen molar-refractivity contribution < 1.29 is 28.7 Å². The van der Waals surface area contributed by atoms with Gasteiger partial charge >= 0.3 is 5.97 Å². The Labute approximate surface area is 180 Å². The highest BCUT2D eigenvalue weighted by atomic mass is 32.1. The first-order chi connectivity index (χ1) is 14.9. The highest BCUT2D eigenvalue weighted by Gasteiger charge is 2.15. The Bertz CT molecular complexity index is 1200. The molecule has 0 atom stereocenters. The van der Waals surface area contributed by atoms with Crippen LogP contribution in [-0.2, 0) is 20.9 Å². The van der Waals surface area contributed by atoms with E-state index in [0.29, 0.717) is 21.7 Å². The lowest BCUT2D eigenvalue weighted by atomic mass is 10.3. The number of amides is 1. The van der Waals surface area contributed by atoms with Crippen LogP contribution in [0.3, 0.4) is 0 Å². The molecular formula is C20H19N3O7S. The lowest BCUT2D eigenvalue weighted by Crippen LogP contribution is -2.24. The van der Waals surface area contributed by atoms with Gasteiger partial charge in [-0.05, 0) is 25.1 Å². The summed E-state index contributed by atoms with van der Waals surface area (Å²) in [5.74, 6) is -0.0712. The summed E-state index contributed by atoms with van der Waals surface area (Å²) < 4.78 is 17.6. The quantitative estimate of drug-likeness (QED) is 0.297. The maximum atomic E-state index is 12.4. The average Bonchev–Trinajstić information content (AvgIpc) is 3.08. The second-order valence-electron chi connectivity index (χ2n) is 6.16. The molecule has 0 spiro atoms. The van der Waals surface area contributed by atoms with Gasteiger partial charge in [0.05, 0.1) is 28.9 Å². The number of non-ortho nitro benzene ring substituents is 1. The van der Waals surface area contributed by atoms with E-state index < -0.39 is 16.8 Å². The Morgan fingerprint density at radius 3 is 2.68 bits per heavy atom. The summed E-state index contributed by atoms with van der Waals surface area (Å²) in [4.78, 5) is 39.2. The number of hydrogen-bond acceptors (Lipinski definition) is 8. The number of ether oxygens (including phenoxy) is 3. The van der Waals surface area contributed by atoms with Gasteiger partial charge in [0.1, 0.15) is 18.0 Å². The maximum absolute atomic E-state index is 12.4. The van der Waals surface area contributed by atoms with Gasteiger partial charge in [0.25, 0.3) is 11.6 Å². The fourth-order valence-corrected chi connectivity index (χ4v) is 3.80. The van der Waals surface area contributed by atoms with Gasteiger partial charge in [0, 0.05) is 18.2 Å². The molecule has 0 bridgehead atoms. The summed E-state index contributed by atoms with van der Waals surface area (Å²) in [5, 5.41) is 11.1. The number of nitro groups is 1. The van der Waals surface area contributed by atoms with Crippen molar-refractivity contribution in [3.05, 3.63) is 57.4 Å². The van der Waals surface area contributed by atoms with E-state index in [1.54, 1.807) is 31.2 Å². The molecule has 1 aromatic heterocycles. The first kappa shape index (κ1) is 22.0. The van der Waals surface area contributed by atoms with Crippen LogP contribution in [0.25, 0.3) is 10.2 Å². The van der Waals surface area contributed by atoms with Crippen molar-refractivity contribution in [1.82, 2.24) is 4.57 Å². The summed E-state index contributed by atoms with van der Waals surface area (Å²) in [7, 11) is 1.52. The van der Waals surface area contributed by atoms with Gasteiger partial charge in [-0.15, -0.1) is 0 Å². The smallest absolute Gasteiger partial charge is 0.326 e. The molecule has 1 heterocycles. The molecule has 3 aromatic rings. The SMILES string of the molecule is CCOC(=O)Cn1c(=NC(=O)COc2cccc(OC)c2)sc2cc([N+](=O)[O-])ccc21. The number of benzene rings is 2. The highest BCUT2D eigenvalue weighted by molar-refractivity contribution is 7.16. The van der Waals surface area contributed by atoms with Gasteiger partial charge in [-0.25, -0.2) is 0 Å². The Kier molecular flexibility index (Phi) is 6.98. The average molecular weight is 445 g/mol. The van der Waals surface area contributed by atoms with Crippen LogP contribution < -0.4 is 14.3 Å². The molecule has 0 unspecified atom stereocenters. The van der Waals surface area contributed by atoms with E-state index in [4.69, 9.17) is 14.2 Å². The largest absolute Gasteiger partial charge is 0.497 e. The highest BCUT2D eigenvalue weighted by Crippen LogP contribution is 2.23. The third-order valence-corrected chi connectivity index (χ3v) is 5.13. The molecule has 31 heavy (non-hydrogen) atoms. The first-order valence-electron chi connectivity index (χ1n) is 9.19. The van der Waals surface area contributed by atoms with Crippen LogP contribution in [0.5, 0.6) is 11.5 Å². The molecule has 0 saturated heterocycles. The van der Waals surface area contributed by atoms with Crippen molar-refractivity contribution in [3.63, 3.8) is 0 Å². The zero-order valence-corrected chi connectivity index (χ0v) is 17.6. The normalized spacial score (nSPS) is 11.4. The minimum Gasteiger partial charge on any atom is -0.497 e. The lowest BCUT2D eigenvalue weighted by molar-refractivity contribution is -0.384. The van der Waals surface area contributed by atoms with Gasteiger partial charge in [0.2, 0.25) is 0 Å². The van der Waals surface area contributed by atoms with E-state index in [0.717, 1.165) is 11.3 Å². The number of thiazole rings is 1. The first-order valence-corrected chi connectivity index (χ1v) is 10.0. The van der Waals surface area contributed by atoms with E-state index >= 15 is 0 Å². The standard InChI is InChI=1S/C20H19N3O7S/c1-3-29-19(25)11-22-16-8-7-13(23(26)27)9-17(16)31-20(22)21-18(24)12-30-15-6-4-5-14(10-15)28-2/h4-10H,3,11-12H2,1-2H3. The summed E-state index contributed by atoms with van der Waals surface area (Å²) in [6, 6.07) is 11.0. The maximum Gasteiger partial charge on any atom is 0.326 e. The number of hydrogen-bond donors (Lipinski definition) is 0. The Morgan fingerprint density at radius 2 is 1.97 bits per heavy atom. The summed E-state index contributed by atoms with van der Waals surface area (Å²) in [5.41, 5.74) is 0.431. The van der Waals surface area contributed by atoms with Crippen LogP contribution in [0.2, 0.25) is 0 Å². The zero-order valence-electron chi connectivity index (χ0n) is 16.8. The summed E-state index contributed by atoms with van der Waals surface area (Å²) in [6.45, 7) is 1.37. The monoisotopic (exact) mass is 445 g/mol. The van der Waals surface area contributed by atoms with Crippen molar-refractivity contribution in [2.24, 2.45) is 4.99 Å². The topological polar surface area (TPSA) is 122 Å². The molecule has 162 valence electrons. The third kappa shape index (κ3) is 5.45. The molecule has 2 aromatic carbocycles. The lowest BCUT2D eigenvalue weighted by Gasteiger charge is -2.06. The minimum absolute atomic E-state index is 0.101. The van der Waals surface area contributed by atoms with Gasteiger partial charge in [0.15, 0.2) is 11.4 Å². The fraction of sp³-hybridized carbons (Fsp3) is 0.250. The molecule has 0 aliphatic heterocycles. The minimum atomic E-state index is -0.582. The van der Waals surface area contributed by atoms with Gasteiger partial charge in [-0.2, -0.15) is 4.99 Å². The Balaban J connectivity index is 1.91. The van der Waals surface area contributed by atoms with Crippen LogP contribution in [0, 0.1) is 10.1 Å². The number of nitrogens with zero attached hydrogens (tertiary/aromatic N) is 3. The number of carbonyl (C=O) groups excluding carboxylic acids is 2. The van der Waals surface area contributed by atoms with Crippen LogP contribution in [0.1, 0.15) is 6.92 Å².